The summed E-state index contributed by atoms with van der Waals surface area (Å²) >= 11 is 12.1. The van der Waals surface area contributed by atoms with Crippen LogP contribution in [0.3, 0.4) is 0 Å². The summed E-state index contributed by atoms with van der Waals surface area (Å²) in [6.45, 7) is 1.64. The second kappa shape index (κ2) is 6.55. The molecule has 0 radical (unpaired) electrons. The third-order valence-corrected chi connectivity index (χ3v) is 5.20. The molecule has 1 saturated heterocycles. The molecule has 4 rings (SSSR count). The van der Waals surface area contributed by atoms with E-state index in [2.05, 4.69) is 27.1 Å². The summed E-state index contributed by atoms with van der Waals surface area (Å²) in [5.74, 6) is 0.185. The summed E-state index contributed by atoms with van der Waals surface area (Å²) in [6.07, 6.45) is 7.26. The Morgan fingerprint density at radius 3 is 2.84 bits per heavy atom. The van der Waals surface area contributed by atoms with Gasteiger partial charge in [-0.1, -0.05) is 23.8 Å². The van der Waals surface area contributed by atoms with Gasteiger partial charge in [-0.25, -0.2) is 9.97 Å². The van der Waals surface area contributed by atoms with E-state index in [-0.39, 0.29) is 47.2 Å². The van der Waals surface area contributed by atoms with Crippen LogP contribution in [0.15, 0.2) is 18.5 Å². The third-order valence-electron chi connectivity index (χ3n) is 4.77. The number of aromatic nitrogens is 4. The summed E-state index contributed by atoms with van der Waals surface area (Å²) < 4.78 is 13.3. The van der Waals surface area contributed by atoms with Gasteiger partial charge in [0.25, 0.3) is 0 Å². The number of ether oxygens (including phenoxy) is 2. The lowest BCUT2D eigenvalue weighted by atomic mass is 9.81. The summed E-state index contributed by atoms with van der Waals surface area (Å²) in [7, 11) is 0. The monoisotopic (exact) mass is 382 g/mol. The van der Waals surface area contributed by atoms with E-state index in [0.29, 0.717) is 11.2 Å². The lowest BCUT2D eigenvalue weighted by molar-refractivity contribution is -0.146. The minimum atomic E-state index is -0.311. The van der Waals surface area contributed by atoms with E-state index >= 15 is 0 Å². The molecule has 4 atom stereocenters. The number of hydrogen-bond donors (Lipinski definition) is 0. The highest BCUT2D eigenvalue weighted by molar-refractivity contribution is 6.35. The highest BCUT2D eigenvalue weighted by atomic mass is 35.5. The fraction of sp³-hybridized carbons (Fsp3) is 0.500. The predicted octanol–water partition coefficient (Wildman–Crippen LogP) is 3.18. The lowest BCUT2D eigenvalue weighted by Crippen LogP contribution is -2.27. The van der Waals surface area contributed by atoms with Crippen LogP contribution in [-0.2, 0) is 14.3 Å². The smallest absolute Gasteiger partial charge is 0.302 e. The highest BCUT2D eigenvalue weighted by Crippen LogP contribution is 2.46. The van der Waals surface area contributed by atoms with Crippen LogP contribution in [-0.4, -0.2) is 38.2 Å². The van der Waals surface area contributed by atoms with Gasteiger partial charge in [0.05, 0.1) is 12.4 Å². The van der Waals surface area contributed by atoms with Gasteiger partial charge in [0, 0.05) is 12.8 Å². The average molecular weight is 383 g/mol. The van der Waals surface area contributed by atoms with Gasteiger partial charge in [0.2, 0.25) is 5.28 Å². The first-order valence-electron chi connectivity index (χ1n) is 8.04. The van der Waals surface area contributed by atoms with Crippen LogP contribution in [0, 0.1) is 11.8 Å². The van der Waals surface area contributed by atoms with Crippen LogP contribution in [0.1, 0.15) is 26.0 Å². The fourth-order valence-corrected chi connectivity index (χ4v) is 4.09. The Labute approximate surface area is 153 Å². The molecule has 0 spiro atoms. The Morgan fingerprint density at radius 2 is 2.08 bits per heavy atom. The quantitative estimate of drug-likeness (QED) is 0.351. The molecule has 7 nitrogen and oxygen atoms in total. The van der Waals surface area contributed by atoms with E-state index in [4.69, 9.17) is 32.7 Å². The van der Waals surface area contributed by atoms with Gasteiger partial charge in [-0.15, -0.1) is 0 Å². The van der Waals surface area contributed by atoms with E-state index in [1.54, 1.807) is 6.33 Å². The number of allylic oxidation sites excluding steroid dienone is 2. The molecule has 0 aromatic carbocycles. The van der Waals surface area contributed by atoms with Crippen LogP contribution >= 0.6 is 23.2 Å². The van der Waals surface area contributed by atoms with E-state index in [1.807, 2.05) is 4.57 Å². The van der Waals surface area contributed by atoms with E-state index in [9.17, 15) is 4.79 Å². The average Bonchev–Trinajstić information content (AvgIpc) is 3.14. The standard InChI is InChI=1S/C16H16Cl2N4O3/c1-8(23)24-6-11-9-4-2-3-5-10(9)15(25-11)22-7-19-12-13(17)20-16(18)21-14(12)22/h2-3,7,9-11,15H,4-6H2,1H3/t9-,10+,11+,15-/m0/s1. The molecular weight excluding hydrogens is 367 g/mol. The summed E-state index contributed by atoms with van der Waals surface area (Å²) in [5.41, 5.74) is 1.03. The van der Waals surface area contributed by atoms with Crippen LogP contribution < -0.4 is 0 Å². The molecule has 0 amide bonds. The maximum Gasteiger partial charge on any atom is 0.302 e. The summed E-state index contributed by atoms with van der Waals surface area (Å²) in [6, 6.07) is 0. The number of halogens is 2. The molecule has 2 aliphatic rings. The zero-order chi connectivity index (χ0) is 17.6. The van der Waals surface area contributed by atoms with Crippen molar-refractivity contribution in [3.05, 3.63) is 28.9 Å². The van der Waals surface area contributed by atoms with Crippen molar-refractivity contribution in [3.8, 4) is 0 Å². The molecule has 3 heterocycles. The zero-order valence-corrected chi connectivity index (χ0v) is 14.9. The molecular formula is C16H16Cl2N4O3. The number of carbonyl (C=O) groups excluding carboxylic acids is 1. The van der Waals surface area contributed by atoms with E-state index in [1.165, 1.54) is 6.92 Å². The van der Waals surface area contributed by atoms with Gasteiger partial charge < -0.3 is 9.47 Å². The Bertz CT molecular complexity index is 853. The van der Waals surface area contributed by atoms with Gasteiger partial charge in [0.15, 0.2) is 10.8 Å². The predicted molar refractivity (Wildman–Crippen MR) is 91.2 cm³/mol. The SMILES string of the molecule is CC(=O)OC[C@H]1O[C@H](n2cnc3c(Cl)nc(Cl)nc32)[C@@H]2CC=CC[C@@H]21. The lowest BCUT2D eigenvalue weighted by Gasteiger charge is -2.25. The molecule has 0 bridgehead atoms. The van der Waals surface area contributed by atoms with Gasteiger partial charge in [-0.05, 0) is 30.4 Å². The maximum absolute atomic E-state index is 11.2. The van der Waals surface area contributed by atoms with Crippen molar-refractivity contribution in [2.24, 2.45) is 11.8 Å². The molecule has 2 aromatic heterocycles. The summed E-state index contributed by atoms with van der Waals surface area (Å²) in [4.78, 5) is 23.7. The number of imidazole rings is 1. The van der Waals surface area contributed by atoms with Crippen LogP contribution in [0.5, 0.6) is 0 Å². The molecule has 132 valence electrons. The van der Waals surface area contributed by atoms with E-state index in [0.717, 1.165) is 12.8 Å². The molecule has 0 unspecified atom stereocenters. The van der Waals surface area contributed by atoms with Crippen LogP contribution in [0.25, 0.3) is 11.2 Å². The Morgan fingerprint density at radius 1 is 1.32 bits per heavy atom. The number of esters is 1. The van der Waals surface area contributed by atoms with Crippen LogP contribution in [0.4, 0.5) is 0 Å². The number of hydrogen-bond acceptors (Lipinski definition) is 6. The molecule has 9 heteroatoms. The number of carbonyl (C=O) groups is 1. The molecule has 1 aliphatic carbocycles. The number of rotatable bonds is 3. The largest absolute Gasteiger partial charge is 0.463 e. The fourth-order valence-electron chi connectivity index (χ4n) is 3.67. The highest BCUT2D eigenvalue weighted by Gasteiger charge is 2.46. The molecule has 1 fully saturated rings. The molecule has 1 aliphatic heterocycles. The zero-order valence-electron chi connectivity index (χ0n) is 13.4. The van der Waals surface area contributed by atoms with Gasteiger partial charge in [0.1, 0.15) is 18.4 Å². The van der Waals surface area contributed by atoms with Crippen molar-refractivity contribution in [1.82, 2.24) is 19.5 Å². The van der Waals surface area contributed by atoms with Crippen LogP contribution in [0.2, 0.25) is 10.4 Å². The van der Waals surface area contributed by atoms with Crippen molar-refractivity contribution in [2.45, 2.75) is 32.1 Å². The van der Waals surface area contributed by atoms with Crippen molar-refractivity contribution in [3.63, 3.8) is 0 Å². The van der Waals surface area contributed by atoms with Crippen molar-refractivity contribution in [1.29, 1.82) is 0 Å². The summed E-state index contributed by atoms with van der Waals surface area (Å²) in [5, 5.41) is 0.275. The first-order valence-corrected chi connectivity index (χ1v) is 8.79. The molecule has 2 aromatic rings. The molecule has 0 saturated carbocycles. The third kappa shape index (κ3) is 3.01. The topological polar surface area (TPSA) is 79.1 Å². The van der Waals surface area contributed by atoms with E-state index < -0.39 is 0 Å². The first kappa shape index (κ1) is 16.8. The first-order chi connectivity index (χ1) is 12.0. The minimum absolute atomic E-state index is 0.0637. The molecule has 25 heavy (non-hydrogen) atoms. The van der Waals surface area contributed by atoms with Crippen molar-refractivity contribution < 1.29 is 14.3 Å². The number of fused-ring (bicyclic) bond motifs is 2. The Kier molecular flexibility index (Phi) is 4.39. The Balaban J connectivity index is 1.70. The normalized spacial score (nSPS) is 28.3. The second-order valence-corrected chi connectivity index (χ2v) is 6.94. The Hall–Kier alpha value is -1.70. The minimum Gasteiger partial charge on any atom is -0.463 e. The van der Waals surface area contributed by atoms with Gasteiger partial charge in [-0.2, -0.15) is 4.98 Å². The second-order valence-electron chi connectivity index (χ2n) is 6.25. The van der Waals surface area contributed by atoms with Crippen molar-refractivity contribution >= 4 is 40.3 Å². The molecule has 0 N–H and O–H groups in total. The van der Waals surface area contributed by atoms with Gasteiger partial charge in [-0.3, -0.25) is 9.36 Å². The number of nitrogens with zero attached hydrogens (tertiary/aromatic N) is 4. The van der Waals surface area contributed by atoms with Gasteiger partial charge >= 0.3 is 5.97 Å². The van der Waals surface area contributed by atoms with Crippen molar-refractivity contribution in [2.75, 3.05) is 6.61 Å². The maximum atomic E-state index is 11.2.